The van der Waals surface area contributed by atoms with Gasteiger partial charge in [-0.2, -0.15) is 0 Å². The Morgan fingerprint density at radius 1 is 0.939 bits per heavy atom. The van der Waals surface area contributed by atoms with Gasteiger partial charge in [-0.25, -0.2) is 0 Å². The van der Waals surface area contributed by atoms with Gasteiger partial charge in [-0.1, -0.05) is 28.1 Å². The van der Waals surface area contributed by atoms with Crippen molar-refractivity contribution in [2.24, 2.45) is 0 Å². The molecule has 1 saturated heterocycles. The van der Waals surface area contributed by atoms with Crippen LogP contribution in [0.1, 0.15) is 23.5 Å². The van der Waals surface area contributed by atoms with Crippen molar-refractivity contribution in [3.63, 3.8) is 0 Å². The normalized spacial score (nSPS) is 17.8. The fourth-order valence-electron chi connectivity index (χ4n) is 4.34. The fourth-order valence-corrected chi connectivity index (χ4v) is 5.07. The van der Waals surface area contributed by atoms with Crippen molar-refractivity contribution in [2.75, 3.05) is 23.9 Å². The lowest BCUT2D eigenvalue weighted by Gasteiger charge is -2.29. The summed E-state index contributed by atoms with van der Waals surface area (Å²) in [7, 11) is 4.09. The number of thiocarbonyl (C=S) groups is 1. The van der Waals surface area contributed by atoms with E-state index in [1.807, 2.05) is 38.5 Å². The maximum atomic E-state index is 5.88. The maximum Gasteiger partial charge on any atom is 0.174 e. The van der Waals surface area contributed by atoms with E-state index < -0.39 is 0 Å². The van der Waals surface area contributed by atoms with Gasteiger partial charge in [0.25, 0.3) is 0 Å². The molecule has 0 amide bonds. The van der Waals surface area contributed by atoms with Crippen molar-refractivity contribution >= 4 is 44.6 Å². The zero-order chi connectivity index (χ0) is 22.9. The minimum atomic E-state index is -0.0898. The van der Waals surface area contributed by atoms with E-state index in [0.717, 1.165) is 32.9 Å². The summed E-state index contributed by atoms with van der Waals surface area (Å²) in [6.45, 7) is 0. The molecular weight excluding hydrogens is 494 g/mol. The number of hydrogen-bond acceptors (Lipinski definition) is 3. The van der Waals surface area contributed by atoms with E-state index in [4.69, 9.17) is 12.2 Å². The number of aromatic nitrogens is 2. The molecule has 2 aromatic carbocycles. The largest absolute Gasteiger partial charge is 0.378 e. The molecule has 1 aliphatic rings. The first kappa shape index (κ1) is 21.7. The molecule has 0 radical (unpaired) electrons. The highest BCUT2D eigenvalue weighted by molar-refractivity contribution is 9.10. The average Bonchev–Trinajstić information content (AvgIpc) is 3.44. The van der Waals surface area contributed by atoms with Gasteiger partial charge in [0, 0.05) is 53.7 Å². The minimum Gasteiger partial charge on any atom is -0.378 e. The van der Waals surface area contributed by atoms with Gasteiger partial charge in [0.2, 0.25) is 0 Å². The Bertz CT molecular complexity index is 1270. The smallest absolute Gasteiger partial charge is 0.174 e. The van der Waals surface area contributed by atoms with Gasteiger partial charge >= 0.3 is 0 Å². The van der Waals surface area contributed by atoms with E-state index >= 15 is 0 Å². The first-order valence-corrected chi connectivity index (χ1v) is 11.9. The van der Waals surface area contributed by atoms with Crippen molar-refractivity contribution in [3.8, 4) is 5.69 Å². The highest BCUT2D eigenvalue weighted by atomic mass is 79.9. The summed E-state index contributed by atoms with van der Waals surface area (Å²) in [4.78, 5) is 8.97. The molecule has 166 valence electrons. The Morgan fingerprint density at radius 2 is 1.76 bits per heavy atom. The third kappa shape index (κ3) is 4.14. The molecule has 0 unspecified atom stereocenters. The molecule has 1 fully saturated rings. The van der Waals surface area contributed by atoms with E-state index in [1.54, 1.807) is 0 Å². The van der Waals surface area contributed by atoms with Crippen LogP contribution in [-0.2, 0) is 0 Å². The second-order valence-electron chi connectivity index (χ2n) is 8.19. The monoisotopic (exact) mass is 517 g/mol. The van der Waals surface area contributed by atoms with Gasteiger partial charge in [0.1, 0.15) is 6.04 Å². The lowest BCUT2D eigenvalue weighted by Crippen LogP contribution is -2.30. The summed E-state index contributed by atoms with van der Waals surface area (Å²) in [6.07, 6.45) is 3.93. The van der Waals surface area contributed by atoms with E-state index in [0.29, 0.717) is 5.11 Å². The molecule has 2 aromatic heterocycles. The first-order valence-electron chi connectivity index (χ1n) is 10.7. The van der Waals surface area contributed by atoms with Crippen molar-refractivity contribution in [1.82, 2.24) is 14.9 Å². The first-order chi connectivity index (χ1) is 16.0. The third-order valence-corrected chi connectivity index (χ3v) is 6.72. The van der Waals surface area contributed by atoms with Crippen LogP contribution in [0.15, 0.2) is 95.7 Å². The van der Waals surface area contributed by atoms with Gasteiger partial charge in [0.05, 0.1) is 11.7 Å². The quantitative estimate of drug-likeness (QED) is 0.334. The minimum absolute atomic E-state index is 0.0772. The Balaban J connectivity index is 1.64. The molecule has 5 rings (SSSR count). The van der Waals surface area contributed by atoms with E-state index in [2.05, 4.69) is 107 Å². The Hall–Kier alpha value is -3.16. The van der Waals surface area contributed by atoms with E-state index in [-0.39, 0.29) is 12.1 Å². The Morgan fingerprint density at radius 3 is 2.45 bits per heavy atom. The van der Waals surface area contributed by atoms with Gasteiger partial charge in [0.15, 0.2) is 5.11 Å². The number of pyridine rings is 1. The molecule has 4 aromatic rings. The van der Waals surface area contributed by atoms with Gasteiger partial charge in [-0.15, -0.1) is 0 Å². The van der Waals surface area contributed by atoms with Crippen molar-refractivity contribution < 1.29 is 0 Å². The molecule has 3 heterocycles. The number of hydrogen-bond donors (Lipinski definition) is 1. The highest BCUT2D eigenvalue weighted by Gasteiger charge is 2.42. The molecule has 0 bridgehead atoms. The summed E-state index contributed by atoms with van der Waals surface area (Å²) in [5.41, 5.74) is 5.37. The zero-order valence-corrected chi connectivity index (χ0v) is 20.8. The molecule has 0 saturated carbocycles. The Kier molecular flexibility index (Phi) is 5.91. The number of anilines is 2. The van der Waals surface area contributed by atoms with Crippen molar-refractivity contribution in [1.29, 1.82) is 0 Å². The van der Waals surface area contributed by atoms with Crippen molar-refractivity contribution in [3.05, 3.63) is 107 Å². The molecule has 5 nitrogen and oxygen atoms in total. The van der Waals surface area contributed by atoms with Gasteiger partial charge < -0.3 is 19.7 Å². The van der Waals surface area contributed by atoms with Crippen LogP contribution < -0.4 is 15.1 Å². The molecular formula is C26H24BrN5S. The number of nitrogens with one attached hydrogen (secondary N) is 1. The van der Waals surface area contributed by atoms with Crippen molar-refractivity contribution in [2.45, 2.75) is 12.1 Å². The molecule has 1 N–H and O–H groups in total. The number of rotatable bonds is 5. The van der Waals surface area contributed by atoms with Crippen LogP contribution in [0.5, 0.6) is 0 Å². The molecule has 1 aliphatic heterocycles. The third-order valence-electron chi connectivity index (χ3n) is 5.91. The number of benzene rings is 2. The van der Waals surface area contributed by atoms with Crippen LogP contribution in [0.25, 0.3) is 5.69 Å². The van der Waals surface area contributed by atoms with Gasteiger partial charge in [-0.05, 0) is 78.9 Å². The molecule has 0 spiro atoms. The lowest BCUT2D eigenvalue weighted by molar-refractivity contribution is 0.549. The second-order valence-corrected chi connectivity index (χ2v) is 9.49. The predicted octanol–water partition coefficient (Wildman–Crippen LogP) is 5.88. The zero-order valence-electron chi connectivity index (χ0n) is 18.4. The summed E-state index contributed by atoms with van der Waals surface area (Å²) < 4.78 is 3.26. The van der Waals surface area contributed by atoms with Crippen LogP contribution in [0.4, 0.5) is 11.4 Å². The van der Waals surface area contributed by atoms with Crippen LogP contribution in [0, 0.1) is 0 Å². The number of nitrogens with zero attached hydrogens (tertiary/aromatic N) is 4. The lowest BCUT2D eigenvalue weighted by atomic mass is 10.0. The van der Waals surface area contributed by atoms with Crippen LogP contribution >= 0.6 is 28.1 Å². The Labute approximate surface area is 207 Å². The van der Waals surface area contributed by atoms with Crippen LogP contribution in [-0.4, -0.2) is 28.8 Å². The molecule has 33 heavy (non-hydrogen) atoms. The van der Waals surface area contributed by atoms with Gasteiger partial charge in [-0.3, -0.25) is 4.98 Å². The average molecular weight is 518 g/mol. The summed E-state index contributed by atoms with van der Waals surface area (Å²) >= 11 is 9.49. The van der Waals surface area contributed by atoms with Crippen LogP contribution in [0.2, 0.25) is 0 Å². The molecule has 2 atom stereocenters. The van der Waals surface area contributed by atoms with E-state index in [9.17, 15) is 0 Å². The SMILES string of the molecule is CN(C)c1ccc(N2C(=S)N[C@@H](c3ccccn3)[C@@H]2c2cccn2-c2cccc(Br)c2)cc1. The fraction of sp³-hybridized carbons (Fsp3) is 0.154. The van der Waals surface area contributed by atoms with Crippen LogP contribution in [0.3, 0.4) is 0 Å². The topological polar surface area (TPSA) is 36.3 Å². The summed E-state index contributed by atoms with van der Waals surface area (Å²) in [5.74, 6) is 0. The summed E-state index contributed by atoms with van der Waals surface area (Å²) in [5, 5.41) is 4.24. The highest BCUT2D eigenvalue weighted by Crippen LogP contribution is 2.42. The van der Waals surface area contributed by atoms with E-state index in [1.165, 1.54) is 0 Å². The number of halogens is 1. The predicted molar refractivity (Wildman–Crippen MR) is 142 cm³/mol. The maximum absolute atomic E-state index is 5.88. The summed E-state index contributed by atoms with van der Waals surface area (Å²) in [6, 6.07) is 26.9. The molecule has 7 heteroatoms. The molecule has 0 aliphatic carbocycles. The standard InChI is InChI=1S/C26H24BrN5S/c1-30(2)19-11-13-20(14-12-19)32-25(24(29-26(32)33)22-9-3-4-15-28-22)23-10-6-16-31(23)21-8-5-7-18(27)17-21/h3-17,24-25H,1-2H3,(H,29,33)/t24-,25-/m0/s1. The second kappa shape index (κ2) is 9.00.